The number of nitrogens with zero attached hydrogens (tertiary/aromatic N) is 4. The number of nitrogens with one attached hydrogen (secondary N) is 2. The number of carboxylic acid groups (broad SMARTS) is 1. The van der Waals surface area contributed by atoms with Gasteiger partial charge < -0.3 is 25.4 Å². The molecule has 2 rings (SSSR count). The topological polar surface area (TPSA) is 106 Å². The first kappa shape index (κ1) is 20.8. The molecule has 0 aliphatic rings. The molecule has 8 heteroatoms. The normalized spacial score (nSPS) is 12.3. The summed E-state index contributed by atoms with van der Waals surface area (Å²) in [6, 6.07) is 1.85. The molecule has 0 radical (unpaired) electrons. The van der Waals surface area contributed by atoms with E-state index in [1.54, 1.807) is 12.3 Å². The molecule has 0 fully saturated rings. The zero-order valence-electron chi connectivity index (χ0n) is 16.6. The van der Waals surface area contributed by atoms with Crippen molar-refractivity contribution in [1.29, 1.82) is 0 Å². The average molecular weight is 373 g/mol. The van der Waals surface area contributed by atoms with Gasteiger partial charge in [-0.15, -0.1) is 0 Å². The Morgan fingerprint density at radius 2 is 2.00 bits per heavy atom. The molecule has 1 atom stereocenters. The van der Waals surface area contributed by atoms with E-state index in [9.17, 15) is 9.90 Å². The lowest BCUT2D eigenvalue weighted by Gasteiger charge is -2.21. The van der Waals surface area contributed by atoms with E-state index < -0.39 is 6.09 Å². The number of pyridine rings is 1. The third kappa shape index (κ3) is 6.02. The van der Waals surface area contributed by atoms with Crippen LogP contribution in [0.2, 0.25) is 0 Å². The van der Waals surface area contributed by atoms with Crippen LogP contribution < -0.4 is 15.7 Å². The highest BCUT2D eigenvalue weighted by Gasteiger charge is 2.12. The molecule has 27 heavy (non-hydrogen) atoms. The molecule has 2 N–H and O–H groups in total. The molecule has 1 amide bonds. The van der Waals surface area contributed by atoms with Crippen LogP contribution in [0.25, 0.3) is 11.2 Å². The van der Waals surface area contributed by atoms with Crippen molar-refractivity contribution < 1.29 is 9.90 Å². The third-order valence-corrected chi connectivity index (χ3v) is 4.57. The van der Waals surface area contributed by atoms with Crippen molar-refractivity contribution >= 4 is 28.8 Å². The summed E-state index contributed by atoms with van der Waals surface area (Å²) in [5.74, 6) is 0.180. The van der Waals surface area contributed by atoms with Crippen LogP contribution in [0.3, 0.4) is 0 Å². The van der Waals surface area contributed by atoms with Crippen molar-refractivity contribution in [3.63, 3.8) is 0 Å². The smallest absolute Gasteiger partial charge is 0.182 e. The van der Waals surface area contributed by atoms with Gasteiger partial charge in [-0.05, 0) is 45.8 Å². The molecule has 2 aromatic heterocycles. The molecular weight excluding hydrogens is 344 g/mol. The third-order valence-electron chi connectivity index (χ3n) is 4.57. The van der Waals surface area contributed by atoms with Crippen molar-refractivity contribution in [1.82, 2.24) is 19.9 Å². The highest BCUT2D eigenvalue weighted by atomic mass is 16.4. The first-order chi connectivity index (χ1) is 13.0. The number of carbonyl (C=O) groups is 1. The fourth-order valence-corrected chi connectivity index (χ4v) is 2.98. The van der Waals surface area contributed by atoms with E-state index in [-0.39, 0.29) is 11.9 Å². The molecule has 1 unspecified atom stereocenters. The number of anilines is 2. The summed E-state index contributed by atoms with van der Waals surface area (Å²) in [5, 5.41) is 16.5. The van der Waals surface area contributed by atoms with Crippen LogP contribution in [0.4, 0.5) is 16.3 Å². The van der Waals surface area contributed by atoms with Crippen LogP contribution in [0.15, 0.2) is 12.3 Å². The lowest BCUT2D eigenvalue weighted by atomic mass is 10.1. The van der Waals surface area contributed by atoms with E-state index in [0.29, 0.717) is 11.2 Å². The van der Waals surface area contributed by atoms with Gasteiger partial charge in [-0.2, -0.15) is 0 Å². The number of rotatable bonds is 10. The van der Waals surface area contributed by atoms with Crippen LogP contribution in [-0.4, -0.2) is 51.6 Å². The van der Waals surface area contributed by atoms with Crippen LogP contribution in [-0.2, 0) is 6.42 Å². The first-order valence-electron chi connectivity index (χ1n) is 9.60. The van der Waals surface area contributed by atoms with E-state index in [4.69, 9.17) is 0 Å². The highest BCUT2D eigenvalue weighted by molar-refractivity contribution is 5.90. The molecule has 148 valence electrons. The van der Waals surface area contributed by atoms with Gasteiger partial charge in [0.05, 0.1) is 17.6 Å². The number of carbonyl (C=O) groups excluding carboxylic acids is 1. The van der Waals surface area contributed by atoms with E-state index in [0.717, 1.165) is 50.3 Å². The molecule has 2 aromatic rings. The van der Waals surface area contributed by atoms with Gasteiger partial charge in [-0.1, -0.05) is 20.8 Å². The number of aryl methyl sites for hydroxylation is 1. The average Bonchev–Trinajstić information content (AvgIpc) is 2.64. The molecule has 0 bridgehead atoms. The van der Waals surface area contributed by atoms with Crippen molar-refractivity contribution in [2.75, 3.05) is 30.3 Å². The monoisotopic (exact) mass is 373 g/mol. The van der Waals surface area contributed by atoms with E-state index >= 15 is 0 Å². The largest absolute Gasteiger partial charge is 0.530 e. The quantitative estimate of drug-likeness (QED) is 0.658. The van der Waals surface area contributed by atoms with Gasteiger partial charge in [-0.25, -0.2) is 15.0 Å². The molecule has 0 saturated carbocycles. The van der Waals surface area contributed by atoms with Gasteiger partial charge in [0.15, 0.2) is 5.65 Å². The van der Waals surface area contributed by atoms with Crippen molar-refractivity contribution in [3.05, 3.63) is 18.0 Å². The van der Waals surface area contributed by atoms with Crippen molar-refractivity contribution in [2.45, 2.75) is 53.0 Å². The molecule has 0 aromatic carbocycles. The number of hydrogen-bond acceptors (Lipinski definition) is 7. The fourth-order valence-electron chi connectivity index (χ4n) is 2.98. The summed E-state index contributed by atoms with van der Waals surface area (Å²) < 4.78 is 0. The molecule has 0 spiro atoms. The molecule has 8 nitrogen and oxygen atoms in total. The molecule has 2 heterocycles. The maximum Gasteiger partial charge on any atom is 0.182 e. The molecule has 0 saturated heterocycles. The zero-order chi connectivity index (χ0) is 19.8. The Morgan fingerprint density at radius 3 is 2.63 bits per heavy atom. The lowest BCUT2D eigenvalue weighted by molar-refractivity contribution is -0.242. The van der Waals surface area contributed by atoms with Crippen LogP contribution >= 0.6 is 0 Å². The maximum absolute atomic E-state index is 10.9. The first-order valence-corrected chi connectivity index (χ1v) is 9.60. The SMILES string of the molecule is CCc1cnc2nc(NC(=O)[O-])cc(NC(C)CCCN(CC)CC)c2n1. The number of aromatic nitrogens is 3. The second-order valence-electron chi connectivity index (χ2n) is 6.57. The van der Waals surface area contributed by atoms with Gasteiger partial charge >= 0.3 is 0 Å². The van der Waals surface area contributed by atoms with Crippen molar-refractivity contribution in [2.24, 2.45) is 0 Å². The molecular formula is C19H29N6O2-. The summed E-state index contributed by atoms with van der Waals surface area (Å²) in [5.41, 5.74) is 2.63. The summed E-state index contributed by atoms with van der Waals surface area (Å²) >= 11 is 0. The van der Waals surface area contributed by atoms with Crippen LogP contribution in [0, 0.1) is 0 Å². The van der Waals surface area contributed by atoms with Gasteiger partial charge in [0.1, 0.15) is 17.4 Å². The van der Waals surface area contributed by atoms with Crippen LogP contribution in [0.1, 0.15) is 46.2 Å². The predicted octanol–water partition coefficient (Wildman–Crippen LogP) is 2.26. The summed E-state index contributed by atoms with van der Waals surface area (Å²) in [7, 11) is 0. The standard InChI is InChI=1S/C19H30N6O2/c1-5-14-12-20-18-17(22-14)15(11-16(23-18)24-19(26)27)21-13(4)9-8-10-25(6-2)7-3/h11-13H,5-10H2,1-4H3,(H,26,27)(H2,20,21,23,24)/p-1. The number of amides is 1. The fraction of sp³-hybridized carbons (Fsp3) is 0.579. The van der Waals surface area contributed by atoms with E-state index in [1.165, 1.54) is 0 Å². The Bertz CT molecular complexity index is 763. The lowest BCUT2D eigenvalue weighted by Crippen LogP contribution is -2.29. The Labute approximate surface area is 160 Å². The predicted molar refractivity (Wildman–Crippen MR) is 106 cm³/mol. The molecule has 0 aliphatic heterocycles. The Balaban J connectivity index is 2.19. The highest BCUT2D eigenvalue weighted by Crippen LogP contribution is 2.24. The summed E-state index contributed by atoms with van der Waals surface area (Å²) in [6.45, 7) is 11.6. The van der Waals surface area contributed by atoms with Gasteiger partial charge in [0, 0.05) is 12.1 Å². The second kappa shape index (κ2) is 10.0. The maximum atomic E-state index is 10.9. The summed E-state index contributed by atoms with van der Waals surface area (Å²) in [4.78, 5) is 26.4. The Kier molecular flexibility index (Phi) is 7.72. The number of hydrogen-bond donors (Lipinski definition) is 2. The molecule has 0 aliphatic carbocycles. The minimum absolute atomic E-state index is 0.180. The van der Waals surface area contributed by atoms with Gasteiger partial charge in [0.25, 0.3) is 0 Å². The van der Waals surface area contributed by atoms with Gasteiger partial charge in [-0.3, -0.25) is 0 Å². The van der Waals surface area contributed by atoms with Crippen LogP contribution in [0.5, 0.6) is 0 Å². The van der Waals surface area contributed by atoms with E-state index in [2.05, 4.69) is 51.3 Å². The van der Waals surface area contributed by atoms with Crippen molar-refractivity contribution in [3.8, 4) is 0 Å². The Morgan fingerprint density at radius 1 is 1.26 bits per heavy atom. The second-order valence-corrected chi connectivity index (χ2v) is 6.57. The summed E-state index contributed by atoms with van der Waals surface area (Å²) in [6.07, 6.45) is 3.09. The number of fused-ring (bicyclic) bond motifs is 1. The minimum atomic E-state index is -1.40. The zero-order valence-corrected chi connectivity index (χ0v) is 16.6. The Hall–Kier alpha value is -2.48. The minimum Gasteiger partial charge on any atom is -0.530 e. The van der Waals surface area contributed by atoms with Gasteiger partial charge in [0.2, 0.25) is 0 Å². The van der Waals surface area contributed by atoms with E-state index in [1.807, 2.05) is 6.92 Å².